The minimum atomic E-state index is -0.257. The van der Waals surface area contributed by atoms with Crippen LogP contribution in [0.25, 0.3) is 0 Å². The van der Waals surface area contributed by atoms with Crippen LogP contribution in [-0.4, -0.2) is 11.7 Å². The molecule has 27 heavy (non-hydrogen) atoms. The number of rotatable bonds is 6. The molecule has 0 heterocycles. The predicted octanol–water partition coefficient (Wildman–Crippen LogP) is 5.16. The molecule has 3 aromatic carbocycles. The molecule has 3 heteroatoms. The fraction of sp³-hybridized carbons (Fsp3) is 0.167. The number of carbonyl (C=O) groups is 2. The summed E-state index contributed by atoms with van der Waals surface area (Å²) in [5, 5.41) is 2.99. The molecule has 1 amide bonds. The molecule has 0 aliphatic heterocycles. The fourth-order valence-electron chi connectivity index (χ4n) is 3.06. The Kier molecular flexibility index (Phi) is 5.82. The lowest BCUT2D eigenvalue weighted by Crippen LogP contribution is -2.26. The quantitative estimate of drug-likeness (QED) is 0.619. The second-order valence-electron chi connectivity index (χ2n) is 6.68. The van der Waals surface area contributed by atoms with Crippen LogP contribution in [0.5, 0.6) is 0 Å². The summed E-state index contributed by atoms with van der Waals surface area (Å²) in [5.74, 6) is -0.437. The number of nitrogens with one attached hydrogen (secondary N) is 1. The normalized spacial score (nSPS) is 12.8. The third-order valence-electron chi connectivity index (χ3n) is 4.75. The van der Waals surface area contributed by atoms with E-state index in [2.05, 4.69) is 5.32 Å². The van der Waals surface area contributed by atoms with Crippen LogP contribution in [0, 0.1) is 0 Å². The third-order valence-corrected chi connectivity index (χ3v) is 4.75. The van der Waals surface area contributed by atoms with Crippen LogP contribution in [0.4, 0.5) is 0 Å². The third kappa shape index (κ3) is 4.50. The molecule has 1 N–H and O–H groups in total. The molecule has 0 radical (unpaired) electrons. The molecule has 2 atom stereocenters. The molecule has 0 fully saturated rings. The van der Waals surface area contributed by atoms with Crippen LogP contribution in [0.15, 0.2) is 84.9 Å². The fourth-order valence-corrected chi connectivity index (χ4v) is 3.06. The van der Waals surface area contributed by atoms with E-state index >= 15 is 0 Å². The summed E-state index contributed by atoms with van der Waals surface area (Å²) in [6, 6.07) is 26.3. The van der Waals surface area contributed by atoms with Crippen LogP contribution in [-0.2, 0) is 0 Å². The minimum absolute atomic E-state index is 0.00644. The Morgan fingerprint density at radius 2 is 1.26 bits per heavy atom. The number of benzene rings is 3. The van der Waals surface area contributed by atoms with Gasteiger partial charge in [-0.3, -0.25) is 9.59 Å². The van der Waals surface area contributed by atoms with E-state index in [9.17, 15) is 9.59 Å². The standard InChI is InChI=1S/C24H23NO2/c1-17(19-10-5-3-6-11-19)23(26)21-14-9-15-22(16-21)24(27)25-18(2)20-12-7-4-8-13-20/h3-18H,1-2H3,(H,25,27)/t17-,18+/m0/s1. The van der Waals surface area contributed by atoms with Gasteiger partial charge in [-0.15, -0.1) is 0 Å². The Balaban J connectivity index is 1.75. The summed E-state index contributed by atoms with van der Waals surface area (Å²) >= 11 is 0. The molecule has 0 saturated carbocycles. The topological polar surface area (TPSA) is 46.2 Å². The highest BCUT2D eigenvalue weighted by Crippen LogP contribution is 2.21. The van der Waals surface area contributed by atoms with Gasteiger partial charge < -0.3 is 5.32 Å². The van der Waals surface area contributed by atoms with E-state index in [4.69, 9.17) is 0 Å². The van der Waals surface area contributed by atoms with Gasteiger partial charge in [0.15, 0.2) is 5.78 Å². The van der Waals surface area contributed by atoms with Crippen molar-refractivity contribution in [3.8, 4) is 0 Å². The highest BCUT2D eigenvalue weighted by atomic mass is 16.1. The lowest BCUT2D eigenvalue weighted by Gasteiger charge is -2.15. The van der Waals surface area contributed by atoms with Crippen molar-refractivity contribution < 1.29 is 9.59 Å². The monoisotopic (exact) mass is 357 g/mol. The molecule has 0 bridgehead atoms. The Bertz CT molecular complexity index is 919. The molecular weight excluding hydrogens is 334 g/mol. The van der Waals surface area contributed by atoms with Crippen molar-refractivity contribution in [2.75, 3.05) is 0 Å². The van der Waals surface area contributed by atoms with E-state index in [1.165, 1.54) is 0 Å². The predicted molar refractivity (Wildman–Crippen MR) is 108 cm³/mol. The molecule has 136 valence electrons. The zero-order valence-electron chi connectivity index (χ0n) is 15.6. The maximum absolute atomic E-state index is 12.8. The molecule has 0 aliphatic carbocycles. The first-order valence-corrected chi connectivity index (χ1v) is 9.11. The Labute approximate surface area is 160 Å². The van der Waals surface area contributed by atoms with E-state index in [0.29, 0.717) is 11.1 Å². The van der Waals surface area contributed by atoms with E-state index in [1.807, 2.05) is 74.5 Å². The van der Waals surface area contributed by atoms with Gasteiger partial charge in [0.05, 0.1) is 6.04 Å². The van der Waals surface area contributed by atoms with Gasteiger partial charge >= 0.3 is 0 Å². The van der Waals surface area contributed by atoms with Crippen molar-refractivity contribution >= 4 is 11.7 Å². The number of ketones is 1. The van der Waals surface area contributed by atoms with Crippen molar-refractivity contribution in [2.45, 2.75) is 25.8 Å². The number of amides is 1. The van der Waals surface area contributed by atoms with Crippen LogP contribution in [0.2, 0.25) is 0 Å². The largest absolute Gasteiger partial charge is 0.346 e. The molecular formula is C24H23NO2. The zero-order chi connectivity index (χ0) is 19.2. The van der Waals surface area contributed by atoms with Crippen molar-refractivity contribution in [1.82, 2.24) is 5.32 Å². The smallest absolute Gasteiger partial charge is 0.251 e. The Morgan fingerprint density at radius 3 is 1.89 bits per heavy atom. The average molecular weight is 357 g/mol. The molecule has 3 nitrogen and oxygen atoms in total. The molecule has 0 unspecified atom stereocenters. The lowest BCUT2D eigenvalue weighted by atomic mass is 9.91. The van der Waals surface area contributed by atoms with Crippen molar-refractivity contribution in [3.05, 3.63) is 107 Å². The van der Waals surface area contributed by atoms with E-state index in [1.54, 1.807) is 24.3 Å². The molecule has 0 saturated heterocycles. The van der Waals surface area contributed by atoms with E-state index < -0.39 is 0 Å². The van der Waals surface area contributed by atoms with Gasteiger partial charge in [0.1, 0.15) is 0 Å². The molecule has 0 aliphatic rings. The van der Waals surface area contributed by atoms with Gasteiger partial charge in [0.2, 0.25) is 0 Å². The van der Waals surface area contributed by atoms with Crippen molar-refractivity contribution in [2.24, 2.45) is 0 Å². The second-order valence-corrected chi connectivity index (χ2v) is 6.68. The summed E-state index contributed by atoms with van der Waals surface area (Å²) in [6.07, 6.45) is 0. The summed E-state index contributed by atoms with van der Waals surface area (Å²) in [5.41, 5.74) is 3.04. The summed E-state index contributed by atoms with van der Waals surface area (Å²) in [7, 11) is 0. The van der Waals surface area contributed by atoms with Gasteiger partial charge in [0.25, 0.3) is 5.91 Å². The summed E-state index contributed by atoms with van der Waals surface area (Å²) in [6.45, 7) is 3.83. The van der Waals surface area contributed by atoms with Gasteiger partial charge in [-0.25, -0.2) is 0 Å². The lowest BCUT2D eigenvalue weighted by molar-refractivity contribution is 0.0940. The second kappa shape index (κ2) is 8.45. The summed E-state index contributed by atoms with van der Waals surface area (Å²) < 4.78 is 0. The highest BCUT2D eigenvalue weighted by molar-refractivity contribution is 6.03. The van der Waals surface area contributed by atoms with Gasteiger partial charge in [-0.05, 0) is 30.2 Å². The number of hydrogen-bond acceptors (Lipinski definition) is 2. The number of carbonyl (C=O) groups excluding carboxylic acids is 2. The van der Waals surface area contributed by atoms with Gasteiger partial charge in [-0.2, -0.15) is 0 Å². The van der Waals surface area contributed by atoms with Crippen LogP contribution < -0.4 is 5.32 Å². The first-order chi connectivity index (χ1) is 13.1. The number of Topliss-reactive ketones (excluding diaryl/α,β-unsaturated/α-hetero) is 1. The van der Waals surface area contributed by atoms with Crippen molar-refractivity contribution in [3.63, 3.8) is 0 Å². The first kappa shape index (κ1) is 18.6. The maximum atomic E-state index is 12.8. The van der Waals surface area contributed by atoms with Crippen LogP contribution in [0.3, 0.4) is 0 Å². The molecule has 0 aromatic heterocycles. The Morgan fingerprint density at radius 1 is 0.704 bits per heavy atom. The van der Waals surface area contributed by atoms with Crippen LogP contribution >= 0.6 is 0 Å². The maximum Gasteiger partial charge on any atom is 0.251 e. The Hall–Kier alpha value is -3.20. The first-order valence-electron chi connectivity index (χ1n) is 9.11. The zero-order valence-corrected chi connectivity index (χ0v) is 15.6. The van der Waals surface area contributed by atoms with Crippen molar-refractivity contribution in [1.29, 1.82) is 0 Å². The number of hydrogen-bond donors (Lipinski definition) is 1. The molecule has 3 aromatic rings. The SMILES string of the molecule is C[C@H](C(=O)c1cccc(C(=O)N[C@H](C)c2ccccc2)c1)c1ccccc1. The minimum Gasteiger partial charge on any atom is -0.346 e. The highest BCUT2D eigenvalue weighted by Gasteiger charge is 2.19. The van der Waals surface area contributed by atoms with Gasteiger partial charge in [-0.1, -0.05) is 79.7 Å². The van der Waals surface area contributed by atoms with E-state index in [-0.39, 0.29) is 23.7 Å². The van der Waals surface area contributed by atoms with Gasteiger partial charge in [0, 0.05) is 17.0 Å². The molecule has 3 rings (SSSR count). The molecule has 0 spiro atoms. The van der Waals surface area contributed by atoms with Crippen LogP contribution in [0.1, 0.15) is 57.7 Å². The average Bonchev–Trinajstić information content (AvgIpc) is 2.74. The van der Waals surface area contributed by atoms with E-state index in [0.717, 1.165) is 11.1 Å². The summed E-state index contributed by atoms with van der Waals surface area (Å²) in [4.78, 5) is 25.5.